The number of halogens is 1. The first-order chi connectivity index (χ1) is 22.3. The van der Waals surface area contributed by atoms with E-state index >= 15 is 0 Å². The number of amides is 3. The van der Waals surface area contributed by atoms with Crippen molar-refractivity contribution < 1.29 is 24.2 Å². The van der Waals surface area contributed by atoms with E-state index in [-0.39, 0.29) is 48.8 Å². The minimum atomic E-state index is -1.19. The lowest BCUT2D eigenvalue weighted by atomic mass is 9.70. The van der Waals surface area contributed by atoms with Crippen molar-refractivity contribution in [3.8, 4) is 0 Å². The highest BCUT2D eigenvalue weighted by Crippen LogP contribution is 2.60. The molecule has 5 rings (SSSR count). The fraction of sp³-hybridized carbons (Fsp3) is 0.472. The van der Waals surface area contributed by atoms with Gasteiger partial charge >= 0.3 is 0 Å². The molecule has 3 aliphatic rings. The smallest absolute Gasteiger partial charge is 0.253 e. The molecular formula is C36H45BrN4O5. The van der Waals surface area contributed by atoms with Crippen molar-refractivity contribution in [2.75, 3.05) is 54.0 Å². The van der Waals surface area contributed by atoms with Crippen molar-refractivity contribution in [1.82, 2.24) is 4.90 Å². The number of nitrogens with zero attached hydrogens (tertiary/aromatic N) is 4. The van der Waals surface area contributed by atoms with Gasteiger partial charge in [-0.25, -0.2) is 0 Å². The maximum Gasteiger partial charge on any atom is 0.253 e. The molecule has 0 radical (unpaired) electrons. The van der Waals surface area contributed by atoms with Crippen LogP contribution in [0.15, 0.2) is 79.9 Å². The van der Waals surface area contributed by atoms with Crippen LogP contribution in [-0.4, -0.2) is 89.6 Å². The van der Waals surface area contributed by atoms with Gasteiger partial charge in [-0.3, -0.25) is 14.4 Å². The number of alkyl halides is 1. The van der Waals surface area contributed by atoms with Gasteiger partial charge in [0.25, 0.3) is 5.91 Å². The van der Waals surface area contributed by atoms with Crippen LogP contribution < -0.4 is 14.7 Å². The predicted octanol–water partition coefficient (Wildman–Crippen LogP) is 4.79. The molecule has 1 N–H and O–H groups in total. The number of para-hydroxylation sites is 1. The van der Waals surface area contributed by atoms with Crippen LogP contribution >= 0.6 is 15.9 Å². The molecule has 6 atom stereocenters. The standard InChI is InChI=1S/C36H45BrN4O5/c1-5-20-39(26-14-10-9-11-15-26)33(43)29-30-34(44)41(22-12-13-23-42)32(36(30)24-28(37)31(29)46-36)35(45)40(21-6-2)27-18-16-25(17-19-27)38(7-3)8-4/h5-6,9-11,14-19,28-32,42H,1-2,7-8,12-13,20-24H2,3-4H3/t28?,29-,30-,31-,32?,36?/m0/s1. The fourth-order valence-electron chi connectivity index (χ4n) is 7.60. The van der Waals surface area contributed by atoms with Crippen molar-refractivity contribution in [3.05, 3.63) is 79.9 Å². The normalized spacial score (nSPS) is 26.1. The Kier molecular flexibility index (Phi) is 10.7. The Morgan fingerprint density at radius 2 is 1.54 bits per heavy atom. The Labute approximate surface area is 280 Å². The number of benzene rings is 2. The van der Waals surface area contributed by atoms with Crippen LogP contribution in [0.4, 0.5) is 17.1 Å². The number of carbonyl (C=O) groups excluding carboxylic acids is 3. The van der Waals surface area contributed by atoms with Crippen molar-refractivity contribution in [1.29, 1.82) is 0 Å². The number of hydrogen-bond acceptors (Lipinski definition) is 6. The highest BCUT2D eigenvalue weighted by Gasteiger charge is 2.77. The van der Waals surface area contributed by atoms with Crippen LogP contribution in [0.2, 0.25) is 0 Å². The van der Waals surface area contributed by atoms with Crippen molar-refractivity contribution in [3.63, 3.8) is 0 Å². The Hall–Kier alpha value is -3.47. The summed E-state index contributed by atoms with van der Waals surface area (Å²) in [7, 11) is 0. The number of likely N-dealkylation sites (tertiary alicyclic amines) is 1. The van der Waals surface area contributed by atoms with E-state index in [2.05, 4.69) is 47.8 Å². The van der Waals surface area contributed by atoms with E-state index in [0.29, 0.717) is 30.6 Å². The van der Waals surface area contributed by atoms with Gasteiger partial charge in [-0.15, -0.1) is 13.2 Å². The summed E-state index contributed by atoms with van der Waals surface area (Å²) in [5.74, 6) is -2.36. The maximum absolute atomic E-state index is 14.8. The lowest BCUT2D eigenvalue weighted by Gasteiger charge is -2.37. The third-order valence-electron chi connectivity index (χ3n) is 9.63. The summed E-state index contributed by atoms with van der Waals surface area (Å²) < 4.78 is 6.77. The average molecular weight is 694 g/mol. The Morgan fingerprint density at radius 3 is 2.13 bits per heavy atom. The van der Waals surface area contributed by atoms with Gasteiger partial charge < -0.3 is 29.4 Å². The van der Waals surface area contributed by atoms with E-state index in [4.69, 9.17) is 4.74 Å². The third kappa shape index (κ3) is 5.91. The molecule has 46 heavy (non-hydrogen) atoms. The molecule has 3 unspecified atom stereocenters. The van der Waals surface area contributed by atoms with Crippen LogP contribution in [0, 0.1) is 11.8 Å². The van der Waals surface area contributed by atoms with E-state index in [9.17, 15) is 19.5 Å². The van der Waals surface area contributed by atoms with Crippen LogP contribution in [0.3, 0.4) is 0 Å². The summed E-state index contributed by atoms with van der Waals surface area (Å²) in [6.45, 7) is 14.5. The number of aliphatic hydroxyl groups is 1. The van der Waals surface area contributed by atoms with E-state index in [1.807, 2.05) is 54.6 Å². The molecule has 0 aliphatic carbocycles. The summed E-state index contributed by atoms with van der Waals surface area (Å²) >= 11 is 3.78. The molecule has 3 saturated heterocycles. The molecule has 0 aromatic heterocycles. The Bertz CT molecular complexity index is 1420. The zero-order valence-corrected chi connectivity index (χ0v) is 28.3. The van der Waals surface area contributed by atoms with Gasteiger partial charge in [-0.1, -0.05) is 46.3 Å². The highest BCUT2D eigenvalue weighted by atomic mass is 79.9. The number of unbranched alkanes of at least 4 members (excludes halogenated alkanes) is 1. The van der Waals surface area contributed by atoms with Crippen molar-refractivity contribution >= 4 is 50.7 Å². The Morgan fingerprint density at radius 1 is 0.957 bits per heavy atom. The maximum atomic E-state index is 14.8. The summed E-state index contributed by atoms with van der Waals surface area (Å²) in [6.07, 6.45) is 4.19. The number of anilines is 3. The van der Waals surface area contributed by atoms with Crippen molar-refractivity contribution in [2.45, 2.75) is 55.7 Å². The molecule has 3 fully saturated rings. The molecule has 3 heterocycles. The van der Waals surface area contributed by atoms with E-state index in [1.165, 1.54) is 0 Å². The molecule has 2 aromatic carbocycles. The molecule has 2 aromatic rings. The lowest BCUT2D eigenvalue weighted by molar-refractivity contribution is -0.140. The van der Waals surface area contributed by atoms with Crippen LogP contribution in [0.5, 0.6) is 0 Å². The van der Waals surface area contributed by atoms with E-state index in [0.717, 1.165) is 18.8 Å². The van der Waals surface area contributed by atoms with Crippen LogP contribution in [-0.2, 0) is 19.1 Å². The quantitative estimate of drug-likeness (QED) is 0.164. The van der Waals surface area contributed by atoms with Gasteiger partial charge in [0, 0.05) is 61.2 Å². The molecular weight excluding hydrogens is 648 g/mol. The number of ether oxygens (including phenoxy) is 1. The molecule has 3 aliphatic heterocycles. The number of rotatable bonds is 15. The average Bonchev–Trinajstić information content (AvgIpc) is 3.66. The highest BCUT2D eigenvalue weighted by molar-refractivity contribution is 9.09. The first-order valence-electron chi connectivity index (χ1n) is 16.3. The van der Waals surface area contributed by atoms with Crippen LogP contribution in [0.25, 0.3) is 0 Å². The minimum Gasteiger partial charge on any atom is -0.396 e. The third-order valence-corrected chi connectivity index (χ3v) is 10.5. The van der Waals surface area contributed by atoms with Crippen LogP contribution in [0.1, 0.15) is 33.1 Å². The van der Waals surface area contributed by atoms with Gasteiger partial charge in [0.1, 0.15) is 11.6 Å². The molecule has 0 saturated carbocycles. The fourth-order valence-corrected chi connectivity index (χ4v) is 8.54. The Balaban J connectivity index is 1.55. The molecule has 2 bridgehead atoms. The van der Waals surface area contributed by atoms with Gasteiger partial charge in [0.15, 0.2) is 0 Å². The van der Waals surface area contributed by atoms with Crippen molar-refractivity contribution in [2.24, 2.45) is 11.8 Å². The predicted molar refractivity (Wildman–Crippen MR) is 185 cm³/mol. The van der Waals surface area contributed by atoms with E-state index in [1.54, 1.807) is 26.9 Å². The topological polar surface area (TPSA) is 93.6 Å². The largest absolute Gasteiger partial charge is 0.396 e. The molecule has 246 valence electrons. The molecule has 3 amide bonds. The zero-order chi connectivity index (χ0) is 33.0. The number of fused-ring (bicyclic) bond motifs is 1. The van der Waals surface area contributed by atoms with E-state index < -0.39 is 29.6 Å². The summed E-state index contributed by atoms with van der Waals surface area (Å²) in [4.78, 5) is 50.7. The number of carbonyl (C=O) groups is 3. The molecule has 9 nitrogen and oxygen atoms in total. The van der Waals surface area contributed by atoms with Gasteiger partial charge in [0.05, 0.1) is 17.9 Å². The number of hydrogen-bond donors (Lipinski definition) is 1. The minimum absolute atomic E-state index is 0.0204. The summed E-state index contributed by atoms with van der Waals surface area (Å²) in [6, 6.07) is 16.3. The first kappa shape index (κ1) is 33.9. The second kappa shape index (κ2) is 14.5. The zero-order valence-electron chi connectivity index (χ0n) is 26.8. The summed E-state index contributed by atoms with van der Waals surface area (Å²) in [5, 5.41) is 9.54. The lowest BCUT2D eigenvalue weighted by Crippen LogP contribution is -2.57. The number of aliphatic hydroxyl groups excluding tert-OH is 1. The molecule has 1 spiro atoms. The first-order valence-corrected chi connectivity index (χ1v) is 17.2. The van der Waals surface area contributed by atoms with Gasteiger partial charge in [-0.2, -0.15) is 0 Å². The molecule has 10 heteroatoms. The summed E-state index contributed by atoms with van der Waals surface area (Å²) in [5.41, 5.74) is 1.27. The SMILES string of the molecule is C=CCN(C(=O)C1N(CCCCO)C(=O)[C@@H]2[C@H](C(=O)N(CC=C)c3ccccc3)[C@H]3OC12CC3Br)c1ccc(N(CC)CC)cc1. The second-order valence-electron chi connectivity index (χ2n) is 12.1. The van der Waals surface area contributed by atoms with Gasteiger partial charge in [0.2, 0.25) is 11.8 Å². The van der Waals surface area contributed by atoms with Gasteiger partial charge in [-0.05, 0) is 69.5 Å². The second-order valence-corrected chi connectivity index (χ2v) is 13.3. The monoisotopic (exact) mass is 692 g/mol.